The minimum atomic E-state index is 0.634. The maximum Gasteiger partial charge on any atom is 0.225 e. The molecule has 0 spiro atoms. The van der Waals surface area contributed by atoms with Gasteiger partial charge in [0.2, 0.25) is 5.95 Å². The van der Waals surface area contributed by atoms with Crippen LogP contribution in [-0.2, 0) is 13.5 Å². The molecule has 5 heteroatoms. The van der Waals surface area contributed by atoms with E-state index < -0.39 is 0 Å². The highest BCUT2D eigenvalue weighted by Gasteiger charge is 2.22. The third-order valence-electron chi connectivity index (χ3n) is 3.96. The molecule has 0 saturated carbocycles. The van der Waals surface area contributed by atoms with E-state index in [4.69, 9.17) is 0 Å². The van der Waals surface area contributed by atoms with Crippen molar-refractivity contribution >= 4 is 5.95 Å². The van der Waals surface area contributed by atoms with Crippen molar-refractivity contribution in [1.82, 2.24) is 19.5 Å². The summed E-state index contributed by atoms with van der Waals surface area (Å²) in [4.78, 5) is 15.6. The monoisotopic (exact) mass is 271 g/mol. The molecule has 3 heterocycles. The first kappa shape index (κ1) is 13.1. The van der Waals surface area contributed by atoms with Crippen LogP contribution >= 0.6 is 0 Å². The zero-order valence-electron chi connectivity index (χ0n) is 12.2. The summed E-state index contributed by atoms with van der Waals surface area (Å²) in [5.74, 6) is 2.66. The maximum absolute atomic E-state index is 4.44. The highest BCUT2D eigenvalue weighted by molar-refractivity contribution is 5.30. The predicted molar refractivity (Wildman–Crippen MR) is 78.6 cm³/mol. The van der Waals surface area contributed by atoms with Crippen LogP contribution < -0.4 is 4.90 Å². The molecule has 1 atom stereocenters. The van der Waals surface area contributed by atoms with E-state index in [0.29, 0.717) is 5.92 Å². The number of hydrogen-bond donors (Lipinski definition) is 0. The van der Waals surface area contributed by atoms with Crippen LogP contribution in [0.3, 0.4) is 0 Å². The molecule has 1 aliphatic rings. The van der Waals surface area contributed by atoms with Gasteiger partial charge in [-0.3, -0.25) is 0 Å². The molecular weight excluding hydrogens is 250 g/mol. The Morgan fingerprint density at radius 1 is 1.25 bits per heavy atom. The number of aromatic nitrogens is 4. The van der Waals surface area contributed by atoms with Gasteiger partial charge in [-0.1, -0.05) is 0 Å². The Morgan fingerprint density at radius 2 is 2.05 bits per heavy atom. The van der Waals surface area contributed by atoms with Crippen LogP contribution in [0.1, 0.15) is 24.2 Å². The Kier molecular flexibility index (Phi) is 3.67. The summed E-state index contributed by atoms with van der Waals surface area (Å²) >= 11 is 0. The van der Waals surface area contributed by atoms with Crippen molar-refractivity contribution < 1.29 is 0 Å². The molecule has 0 bridgehead atoms. The number of piperidine rings is 1. The van der Waals surface area contributed by atoms with Gasteiger partial charge in [-0.25, -0.2) is 15.0 Å². The van der Waals surface area contributed by atoms with Gasteiger partial charge in [0.15, 0.2) is 0 Å². The van der Waals surface area contributed by atoms with E-state index >= 15 is 0 Å². The lowest BCUT2D eigenvalue weighted by Crippen LogP contribution is -2.37. The van der Waals surface area contributed by atoms with E-state index in [1.165, 1.54) is 18.7 Å². The van der Waals surface area contributed by atoms with E-state index in [9.17, 15) is 0 Å². The molecule has 2 aromatic rings. The minimum Gasteiger partial charge on any atom is -0.341 e. The molecule has 1 fully saturated rings. The lowest BCUT2D eigenvalue weighted by molar-refractivity contribution is 0.399. The maximum atomic E-state index is 4.44. The lowest BCUT2D eigenvalue weighted by atomic mass is 9.94. The minimum absolute atomic E-state index is 0.634. The van der Waals surface area contributed by atoms with Gasteiger partial charge in [0.05, 0.1) is 0 Å². The highest BCUT2D eigenvalue weighted by atomic mass is 15.2. The van der Waals surface area contributed by atoms with E-state index in [1.54, 1.807) is 0 Å². The molecule has 1 aliphatic heterocycles. The van der Waals surface area contributed by atoms with Crippen LogP contribution in [0.15, 0.2) is 24.8 Å². The van der Waals surface area contributed by atoms with Crippen molar-refractivity contribution in [3.8, 4) is 0 Å². The van der Waals surface area contributed by atoms with Crippen molar-refractivity contribution in [2.24, 2.45) is 13.0 Å². The number of rotatable bonds is 3. The predicted octanol–water partition coefficient (Wildman–Crippen LogP) is 1.98. The van der Waals surface area contributed by atoms with E-state index in [0.717, 1.165) is 31.0 Å². The normalized spacial score (nSPS) is 19.3. The third kappa shape index (κ3) is 2.81. The molecule has 0 N–H and O–H groups in total. The second-order valence-corrected chi connectivity index (χ2v) is 5.67. The Labute approximate surface area is 119 Å². The SMILES string of the molecule is Cc1cnc(N2CCCC(Cc3nccn3C)C2)nc1. The summed E-state index contributed by atoms with van der Waals surface area (Å²) < 4.78 is 2.11. The van der Waals surface area contributed by atoms with Crippen LogP contribution in [0.4, 0.5) is 5.95 Å². The number of nitrogens with zero attached hydrogens (tertiary/aromatic N) is 5. The van der Waals surface area contributed by atoms with Gasteiger partial charge in [0.1, 0.15) is 5.82 Å². The lowest BCUT2D eigenvalue weighted by Gasteiger charge is -2.32. The quantitative estimate of drug-likeness (QED) is 0.856. The summed E-state index contributed by atoms with van der Waals surface area (Å²) in [6, 6.07) is 0. The third-order valence-corrected chi connectivity index (χ3v) is 3.96. The molecule has 0 radical (unpaired) electrons. The number of aryl methyl sites for hydroxylation is 2. The first-order valence-corrected chi connectivity index (χ1v) is 7.22. The molecule has 1 unspecified atom stereocenters. The van der Waals surface area contributed by atoms with Gasteiger partial charge in [-0.2, -0.15) is 0 Å². The average Bonchev–Trinajstić information content (AvgIpc) is 2.85. The fraction of sp³-hybridized carbons (Fsp3) is 0.533. The smallest absolute Gasteiger partial charge is 0.225 e. The molecule has 0 aromatic carbocycles. The molecule has 2 aromatic heterocycles. The van der Waals surface area contributed by atoms with E-state index in [2.05, 4.69) is 31.5 Å². The van der Waals surface area contributed by atoms with Gasteiger partial charge in [0, 0.05) is 51.3 Å². The fourth-order valence-electron chi connectivity index (χ4n) is 2.81. The van der Waals surface area contributed by atoms with Crippen molar-refractivity contribution in [2.75, 3.05) is 18.0 Å². The van der Waals surface area contributed by atoms with Gasteiger partial charge in [-0.15, -0.1) is 0 Å². The summed E-state index contributed by atoms with van der Waals surface area (Å²) in [5.41, 5.74) is 1.11. The van der Waals surface area contributed by atoms with E-state index in [-0.39, 0.29) is 0 Å². The second kappa shape index (κ2) is 5.61. The van der Waals surface area contributed by atoms with Gasteiger partial charge in [0.25, 0.3) is 0 Å². The van der Waals surface area contributed by atoms with Crippen LogP contribution in [0.5, 0.6) is 0 Å². The number of anilines is 1. The molecule has 0 aliphatic carbocycles. The summed E-state index contributed by atoms with van der Waals surface area (Å²) in [6.45, 7) is 4.10. The van der Waals surface area contributed by atoms with Crippen molar-refractivity contribution in [3.05, 3.63) is 36.2 Å². The van der Waals surface area contributed by atoms with Crippen LogP contribution in [0, 0.1) is 12.8 Å². The second-order valence-electron chi connectivity index (χ2n) is 5.67. The molecule has 106 valence electrons. The molecule has 20 heavy (non-hydrogen) atoms. The molecule has 3 rings (SSSR count). The van der Waals surface area contributed by atoms with Crippen LogP contribution in [0.25, 0.3) is 0 Å². The van der Waals surface area contributed by atoms with E-state index in [1.807, 2.05) is 31.7 Å². The zero-order chi connectivity index (χ0) is 13.9. The first-order chi connectivity index (χ1) is 9.72. The summed E-state index contributed by atoms with van der Waals surface area (Å²) in [6.07, 6.45) is 11.2. The molecule has 0 amide bonds. The summed E-state index contributed by atoms with van der Waals surface area (Å²) in [7, 11) is 2.06. The largest absolute Gasteiger partial charge is 0.341 e. The number of hydrogen-bond acceptors (Lipinski definition) is 4. The fourth-order valence-corrected chi connectivity index (χ4v) is 2.81. The molecular formula is C15H21N5. The van der Waals surface area contributed by atoms with Gasteiger partial charge >= 0.3 is 0 Å². The topological polar surface area (TPSA) is 46.8 Å². The van der Waals surface area contributed by atoms with Crippen LogP contribution in [-0.4, -0.2) is 32.6 Å². The standard InChI is InChI=1S/C15H21N5/c1-12-9-17-15(18-10-12)20-6-3-4-13(11-20)8-14-16-5-7-19(14)2/h5,7,9-10,13H,3-4,6,8,11H2,1-2H3. The Bertz CT molecular complexity index is 560. The molecule has 5 nitrogen and oxygen atoms in total. The van der Waals surface area contributed by atoms with Gasteiger partial charge in [-0.05, 0) is 31.2 Å². The van der Waals surface area contributed by atoms with Crippen molar-refractivity contribution in [3.63, 3.8) is 0 Å². The Hall–Kier alpha value is -1.91. The highest BCUT2D eigenvalue weighted by Crippen LogP contribution is 2.22. The van der Waals surface area contributed by atoms with Crippen molar-refractivity contribution in [1.29, 1.82) is 0 Å². The zero-order valence-corrected chi connectivity index (χ0v) is 12.2. The van der Waals surface area contributed by atoms with Gasteiger partial charge < -0.3 is 9.47 Å². The average molecular weight is 271 g/mol. The van der Waals surface area contributed by atoms with Crippen LogP contribution in [0.2, 0.25) is 0 Å². The summed E-state index contributed by atoms with van der Waals surface area (Å²) in [5, 5.41) is 0. The molecule has 1 saturated heterocycles. The number of imidazole rings is 1. The Balaban J connectivity index is 1.67. The first-order valence-electron chi connectivity index (χ1n) is 7.22. The van der Waals surface area contributed by atoms with Crippen molar-refractivity contribution in [2.45, 2.75) is 26.2 Å². The Morgan fingerprint density at radius 3 is 2.75 bits per heavy atom.